The fourth-order valence-corrected chi connectivity index (χ4v) is 13.0. The molecule has 0 aromatic rings. The molecule has 92 heavy (non-hydrogen) atoms. The molecule has 2 amide bonds. The van der Waals surface area contributed by atoms with Crippen LogP contribution in [-0.2, 0) is 42.8 Å². The lowest BCUT2D eigenvalue weighted by molar-refractivity contribution is -0.386. The third-order valence-corrected chi connectivity index (χ3v) is 18.8. The zero-order chi connectivity index (χ0) is 67.5. The van der Waals surface area contributed by atoms with Gasteiger partial charge in [-0.05, 0) is 12.8 Å². The number of carbonyl (C=O) groups excluding carboxylic acids is 2. The van der Waals surface area contributed by atoms with Gasteiger partial charge in [-0.2, -0.15) is 0 Å². The van der Waals surface area contributed by atoms with Gasteiger partial charge in [0.2, 0.25) is 11.8 Å². The van der Waals surface area contributed by atoms with E-state index >= 15 is 0 Å². The number of amides is 2. The molecule has 14 N–H and O–H groups in total. The van der Waals surface area contributed by atoms with Crippen LogP contribution in [0.2, 0.25) is 0 Å². The zero-order valence-corrected chi connectivity index (χ0v) is 56.7. The van der Waals surface area contributed by atoms with Gasteiger partial charge in [0.05, 0.1) is 50.7 Å². The molecule has 3 rings (SSSR count). The second-order valence-electron chi connectivity index (χ2n) is 26.8. The summed E-state index contributed by atoms with van der Waals surface area (Å²) in [6.45, 7) is 2.24. The summed E-state index contributed by atoms with van der Waals surface area (Å²) >= 11 is 0. The number of aliphatic hydroxyl groups excluding tert-OH is 11. The monoisotopic (exact) mass is 1320 g/mol. The van der Waals surface area contributed by atoms with Gasteiger partial charge in [0.25, 0.3) is 5.79 Å². The summed E-state index contributed by atoms with van der Waals surface area (Å²) in [5.74, 6) is -6.09. The number of carboxylic acid groups (broad SMARTS) is 1. The number of hydrogen-bond donors (Lipinski definition) is 14. The van der Waals surface area contributed by atoms with Crippen LogP contribution in [0, 0.1) is 0 Å². The van der Waals surface area contributed by atoms with E-state index in [1.54, 1.807) is 0 Å². The van der Waals surface area contributed by atoms with Gasteiger partial charge in [-0.15, -0.1) is 0 Å². The Hall–Kier alpha value is -2.27. The molecule has 0 saturated carbocycles. The number of carboxylic acids is 1. The van der Waals surface area contributed by atoms with E-state index in [9.17, 15) is 75.7 Å². The van der Waals surface area contributed by atoms with E-state index in [-0.39, 0.29) is 18.9 Å². The third kappa shape index (κ3) is 31.9. The first-order valence-electron chi connectivity index (χ1n) is 36.4. The lowest BCUT2D eigenvalue weighted by atomic mass is 9.88. The normalized spacial score (nSPS) is 28.2. The first-order chi connectivity index (χ1) is 44.4. The highest BCUT2D eigenvalue weighted by atomic mass is 16.8. The van der Waals surface area contributed by atoms with E-state index < -0.39 is 148 Å². The maximum Gasteiger partial charge on any atom is 0.364 e. The van der Waals surface area contributed by atoms with Crippen LogP contribution >= 0.6 is 0 Å². The van der Waals surface area contributed by atoms with E-state index in [1.807, 2.05) is 0 Å². The smallest absolute Gasteiger partial charge is 0.364 e. The number of aliphatic hydroxyl groups is 11. The summed E-state index contributed by atoms with van der Waals surface area (Å²) in [5.41, 5.74) is 0. The Morgan fingerprint density at radius 1 is 0.522 bits per heavy atom. The van der Waals surface area contributed by atoms with E-state index in [2.05, 4.69) is 24.5 Å². The third-order valence-electron chi connectivity index (χ3n) is 18.8. The quantitative estimate of drug-likeness (QED) is 0.0266. The summed E-state index contributed by atoms with van der Waals surface area (Å²) in [4.78, 5) is 38.6. The summed E-state index contributed by atoms with van der Waals surface area (Å²) in [5, 5.41) is 136. The molecular formula is C69H130N2O21. The molecule has 3 saturated heterocycles. The number of unbranched alkanes of at least 4 members (excludes halogenated alkanes) is 36. The average molecular weight is 1320 g/mol. The topological polar surface area (TPSA) is 373 Å². The lowest BCUT2D eigenvalue weighted by Crippen LogP contribution is -2.70. The van der Waals surface area contributed by atoms with Crippen molar-refractivity contribution in [2.24, 2.45) is 0 Å². The molecule has 3 fully saturated rings. The zero-order valence-electron chi connectivity index (χ0n) is 56.7. The largest absolute Gasteiger partial charge is 0.477 e. The Labute approximate surface area is 550 Å². The van der Waals surface area contributed by atoms with Crippen LogP contribution in [0.3, 0.4) is 0 Å². The van der Waals surface area contributed by atoms with Crippen molar-refractivity contribution in [3.05, 3.63) is 0 Å². The summed E-state index contributed by atoms with van der Waals surface area (Å²) in [6.07, 6.45) is 18.1. The van der Waals surface area contributed by atoms with Crippen LogP contribution in [0.15, 0.2) is 0 Å². The van der Waals surface area contributed by atoms with Crippen LogP contribution in [-0.4, -0.2) is 215 Å². The Kier molecular flexibility index (Phi) is 45.7. The molecule has 23 nitrogen and oxygen atoms in total. The van der Waals surface area contributed by atoms with Crippen LogP contribution in [0.1, 0.15) is 284 Å². The van der Waals surface area contributed by atoms with Gasteiger partial charge in [-0.1, -0.05) is 251 Å². The standard InChI is InChI=1S/C69H130N2O21/c1-4-6-8-10-12-14-16-18-20-21-22-23-24-25-26-27-29-30-32-34-36-38-40-42-51(76)50(71-56(79)43-41-39-37-35-33-31-28-19-17-15-13-11-9-7-5-2)48-87-66-61(83)60(82)63(55(47-74)89-66)90-67-62(84)65(59(81)54(46-73)88-67)92-69(68(85)86)44-52(77)57(70-49(3)75)64(91-69)58(80)53(78)45-72/h50-55,57-67,72-74,76-78,80-84H,4-48H2,1-3H3,(H,70,75)(H,71,79)(H,85,86). The number of carbonyl (C=O) groups is 3. The van der Waals surface area contributed by atoms with Gasteiger partial charge < -0.3 is 100 Å². The Balaban J connectivity index is 1.56. The molecule has 3 aliphatic rings. The Morgan fingerprint density at radius 2 is 0.946 bits per heavy atom. The SMILES string of the molecule is CCCCCCCCCCCCCCCCCCCCCCCCCC(O)C(COC1OC(CO)C(OC2OC(CO)C(O)C(OC3(C(=O)O)CC(O)C(NC(C)=O)C(C(O)C(O)CO)O3)C2O)C(O)C1O)NC(=O)CCCCCCCCCCCCCCCCC. The second kappa shape index (κ2) is 50.1. The predicted molar refractivity (Wildman–Crippen MR) is 348 cm³/mol. The molecule has 18 atom stereocenters. The predicted octanol–water partition coefficient (Wildman–Crippen LogP) is 7.29. The fourth-order valence-electron chi connectivity index (χ4n) is 13.0. The van der Waals surface area contributed by atoms with Crippen molar-refractivity contribution in [3.63, 3.8) is 0 Å². The van der Waals surface area contributed by atoms with Gasteiger partial charge in [-0.3, -0.25) is 9.59 Å². The van der Waals surface area contributed by atoms with Crippen LogP contribution in [0.25, 0.3) is 0 Å². The minimum Gasteiger partial charge on any atom is -0.477 e. The molecule has 3 heterocycles. The van der Waals surface area contributed by atoms with Gasteiger partial charge in [-0.25, -0.2) is 4.79 Å². The van der Waals surface area contributed by atoms with Crippen molar-refractivity contribution in [2.45, 2.75) is 394 Å². The number of hydrogen-bond acceptors (Lipinski definition) is 20. The molecule has 0 aromatic heterocycles. The minimum atomic E-state index is -3.08. The van der Waals surface area contributed by atoms with Crippen LogP contribution in [0.5, 0.6) is 0 Å². The second-order valence-corrected chi connectivity index (χ2v) is 26.8. The van der Waals surface area contributed by atoms with Gasteiger partial charge in [0.1, 0.15) is 67.1 Å². The first kappa shape index (κ1) is 84.0. The van der Waals surface area contributed by atoms with Crippen molar-refractivity contribution >= 4 is 17.8 Å². The minimum absolute atomic E-state index is 0.229. The highest BCUT2D eigenvalue weighted by molar-refractivity contribution is 5.77. The number of ether oxygens (including phenoxy) is 6. The molecule has 3 aliphatic heterocycles. The number of aliphatic carboxylic acids is 1. The van der Waals surface area contributed by atoms with E-state index in [4.69, 9.17) is 28.4 Å². The fraction of sp³-hybridized carbons (Fsp3) is 0.957. The van der Waals surface area contributed by atoms with Gasteiger partial charge in [0, 0.05) is 19.8 Å². The Bertz CT molecular complexity index is 1860. The summed E-state index contributed by atoms with van der Waals surface area (Å²) in [6, 6.07) is -2.52. The molecule has 0 aliphatic carbocycles. The molecule has 0 spiro atoms. The highest BCUT2D eigenvalue weighted by Crippen LogP contribution is 2.39. The lowest BCUT2D eigenvalue weighted by Gasteiger charge is -2.50. The van der Waals surface area contributed by atoms with Crippen LogP contribution in [0.4, 0.5) is 0 Å². The van der Waals surface area contributed by atoms with Gasteiger partial charge >= 0.3 is 5.97 Å². The van der Waals surface area contributed by atoms with Crippen molar-refractivity contribution in [1.29, 1.82) is 0 Å². The van der Waals surface area contributed by atoms with Crippen molar-refractivity contribution in [1.82, 2.24) is 10.6 Å². The molecule has 23 heteroatoms. The van der Waals surface area contributed by atoms with Crippen LogP contribution < -0.4 is 10.6 Å². The maximum absolute atomic E-state index is 13.5. The molecule has 0 radical (unpaired) electrons. The summed E-state index contributed by atoms with van der Waals surface area (Å²) < 4.78 is 34.9. The molecule has 0 bridgehead atoms. The van der Waals surface area contributed by atoms with Gasteiger partial charge in [0.15, 0.2) is 12.6 Å². The highest BCUT2D eigenvalue weighted by Gasteiger charge is 2.60. The number of nitrogens with one attached hydrogen (secondary N) is 2. The molecular weight excluding hydrogens is 1190 g/mol. The van der Waals surface area contributed by atoms with E-state index in [0.29, 0.717) is 19.3 Å². The first-order valence-corrected chi connectivity index (χ1v) is 36.4. The number of rotatable bonds is 56. The van der Waals surface area contributed by atoms with Crippen molar-refractivity contribution in [2.75, 3.05) is 26.4 Å². The van der Waals surface area contributed by atoms with Crippen molar-refractivity contribution < 1.29 is 104 Å². The van der Waals surface area contributed by atoms with Crippen molar-refractivity contribution in [3.8, 4) is 0 Å². The maximum atomic E-state index is 13.5. The molecule has 542 valence electrons. The van der Waals surface area contributed by atoms with E-state index in [1.165, 1.54) is 180 Å². The molecule has 18 unspecified atom stereocenters. The Morgan fingerprint density at radius 3 is 1.36 bits per heavy atom. The molecule has 0 aromatic carbocycles. The average Bonchev–Trinajstić information content (AvgIpc) is 0.762. The summed E-state index contributed by atoms with van der Waals surface area (Å²) in [7, 11) is 0. The van der Waals surface area contributed by atoms with E-state index in [0.717, 1.165) is 58.3 Å².